The third-order valence-corrected chi connectivity index (χ3v) is 3.55. The van der Waals surface area contributed by atoms with Crippen LogP contribution in [0.15, 0.2) is 28.9 Å². The van der Waals surface area contributed by atoms with Gasteiger partial charge in [-0.25, -0.2) is 0 Å². The van der Waals surface area contributed by atoms with Gasteiger partial charge in [0.15, 0.2) is 0 Å². The third kappa shape index (κ3) is 2.22. The molecule has 1 aromatic heterocycles. The molecule has 0 radical (unpaired) electrons. The van der Waals surface area contributed by atoms with E-state index in [1.54, 1.807) is 0 Å². The van der Waals surface area contributed by atoms with Crippen LogP contribution < -0.4 is 5.32 Å². The highest BCUT2D eigenvalue weighted by atomic mass is 16.3. The van der Waals surface area contributed by atoms with Crippen LogP contribution in [0.2, 0.25) is 0 Å². The van der Waals surface area contributed by atoms with Crippen molar-refractivity contribution in [1.29, 1.82) is 0 Å². The highest BCUT2D eigenvalue weighted by molar-refractivity contribution is 5.83. The van der Waals surface area contributed by atoms with E-state index in [4.69, 9.17) is 4.42 Å². The van der Waals surface area contributed by atoms with Gasteiger partial charge >= 0.3 is 0 Å². The van der Waals surface area contributed by atoms with E-state index in [1.807, 2.05) is 6.26 Å². The molecule has 2 nitrogen and oxygen atoms in total. The number of furan rings is 1. The lowest BCUT2D eigenvalue weighted by Crippen LogP contribution is -2.19. The average molecular weight is 229 g/mol. The van der Waals surface area contributed by atoms with E-state index in [0.717, 1.165) is 31.0 Å². The fourth-order valence-electron chi connectivity index (χ4n) is 2.34. The predicted molar refractivity (Wildman–Crippen MR) is 70.3 cm³/mol. The van der Waals surface area contributed by atoms with Gasteiger partial charge in [0, 0.05) is 11.4 Å². The normalized spacial score (nSPS) is 15.6. The summed E-state index contributed by atoms with van der Waals surface area (Å²) in [6, 6.07) is 7.25. The Bertz CT molecular complexity index is 511. The molecule has 2 aromatic rings. The molecule has 90 valence electrons. The number of aryl methyl sites for hydroxylation is 1. The van der Waals surface area contributed by atoms with E-state index in [0.29, 0.717) is 0 Å². The van der Waals surface area contributed by atoms with E-state index in [9.17, 15) is 0 Å². The Balaban J connectivity index is 1.79. The van der Waals surface area contributed by atoms with Crippen molar-refractivity contribution in [3.8, 4) is 0 Å². The maximum Gasteiger partial charge on any atom is 0.137 e. The molecular formula is C15H19NO. The summed E-state index contributed by atoms with van der Waals surface area (Å²) >= 11 is 0. The van der Waals surface area contributed by atoms with Crippen LogP contribution in [-0.4, -0.2) is 12.6 Å². The molecule has 0 bridgehead atoms. The molecule has 1 aromatic carbocycles. The van der Waals surface area contributed by atoms with Crippen LogP contribution in [0.1, 0.15) is 30.9 Å². The van der Waals surface area contributed by atoms with Crippen molar-refractivity contribution in [2.24, 2.45) is 0 Å². The van der Waals surface area contributed by atoms with Crippen molar-refractivity contribution in [2.75, 3.05) is 6.54 Å². The largest absolute Gasteiger partial charge is 0.464 e. The minimum atomic E-state index is 0.791. The van der Waals surface area contributed by atoms with Gasteiger partial charge < -0.3 is 9.73 Å². The maximum absolute atomic E-state index is 5.72. The van der Waals surface area contributed by atoms with Gasteiger partial charge in [-0.3, -0.25) is 0 Å². The quantitative estimate of drug-likeness (QED) is 0.851. The molecule has 3 rings (SSSR count). The van der Waals surface area contributed by atoms with Gasteiger partial charge in [0.1, 0.15) is 5.58 Å². The van der Waals surface area contributed by atoms with Crippen molar-refractivity contribution in [1.82, 2.24) is 5.32 Å². The molecule has 0 amide bonds. The lowest BCUT2D eigenvalue weighted by Gasteiger charge is -2.01. The van der Waals surface area contributed by atoms with Gasteiger partial charge in [-0.15, -0.1) is 0 Å². The Morgan fingerprint density at radius 1 is 1.29 bits per heavy atom. The smallest absolute Gasteiger partial charge is 0.137 e. The van der Waals surface area contributed by atoms with E-state index in [-0.39, 0.29) is 0 Å². The first-order valence-electron chi connectivity index (χ1n) is 6.60. The number of hydrogen-bond acceptors (Lipinski definition) is 2. The Morgan fingerprint density at radius 3 is 2.94 bits per heavy atom. The summed E-state index contributed by atoms with van der Waals surface area (Å²) < 4.78 is 5.72. The van der Waals surface area contributed by atoms with E-state index in [2.05, 4.69) is 30.4 Å². The molecule has 1 heterocycles. The second-order valence-corrected chi connectivity index (χ2v) is 4.89. The molecule has 0 atom stereocenters. The number of nitrogens with one attached hydrogen (secondary N) is 1. The minimum absolute atomic E-state index is 0.791. The Labute approximate surface area is 102 Å². The lowest BCUT2D eigenvalue weighted by atomic mass is 10.1. The van der Waals surface area contributed by atoms with Crippen molar-refractivity contribution >= 4 is 11.0 Å². The van der Waals surface area contributed by atoms with Crippen molar-refractivity contribution in [3.63, 3.8) is 0 Å². The fraction of sp³-hybridized carbons (Fsp3) is 0.467. The minimum Gasteiger partial charge on any atom is -0.464 e. The average Bonchev–Trinajstić information content (AvgIpc) is 3.09. The zero-order chi connectivity index (χ0) is 11.7. The molecule has 1 fully saturated rings. The van der Waals surface area contributed by atoms with Gasteiger partial charge in [0.2, 0.25) is 0 Å². The summed E-state index contributed by atoms with van der Waals surface area (Å²) in [5, 5.41) is 4.84. The number of hydrogen-bond donors (Lipinski definition) is 1. The lowest BCUT2D eigenvalue weighted by molar-refractivity contribution is 0.602. The number of benzene rings is 1. The van der Waals surface area contributed by atoms with Gasteiger partial charge in [0.05, 0.1) is 6.26 Å². The van der Waals surface area contributed by atoms with Crippen LogP contribution >= 0.6 is 0 Å². The summed E-state index contributed by atoms with van der Waals surface area (Å²) in [4.78, 5) is 0. The first-order chi connectivity index (χ1) is 8.38. The van der Waals surface area contributed by atoms with Crippen LogP contribution in [0.25, 0.3) is 11.0 Å². The van der Waals surface area contributed by atoms with Crippen molar-refractivity contribution in [3.05, 3.63) is 35.6 Å². The molecule has 1 saturated carbocycles. The van der Waals surface area contributed by atoms with E-state index < -0.39 is 0 Å². The summed E-state index contributed by atoms with van der Waals surface area (Å²) in [5.74, 6) is 0. The van der Waals surface area contributed by atoms with Crippen LogP contribution in [0.5, 0.6) is 0 Å². The fourth-order valence-corrected chi connectivity index (χ4v) is 2.34. The highest BCUT2D eigenvalue weighted by Gasteiger charge is 2.20. The molecule has 1 N–H and O–H groups in total. The maximum atomic E-state index is 5.72. The Kier molecular flexibility index (Phi) is 2.89. The molecule has 0 unspecified atom stereocenters. The molecule has 0 aliphatic heterocycles. The third-order valence-electron chi connectivity index (χ3n) is 3.55. The highest BCUT2D eigenvalue weighted by Crippen LogP contribution is 2.25. The number of rotatable bonds is 5. The summed E-state index contributed by atoms with van der Waals surface area (Å²) in [6.45, 7) is 3.24. The summed E-state index contributed by atoms with van der Waals surface area (Å²) in [5.41, 5.74) is 3.73. The SMILES string of the molecule is CCc1cccc2c(CCNC3CC3)coc12. The van der Waals surface area contributed by atoms with Gasteiger partial charge in [0.25, 0.3) is 0 Å². The molecule has 0 spiro atoms. The molecule has 1 aliphatic rings. The molecular weight excluding hydrogens is 210 g/mol. The Hall–Kier alpha value is -1.28. The topological polar surface area (TPSA) is 25.2 Å². The van der Waals surface area contributed by atoms with Gasteiger partial charge in [-0.05, 0) is 43.4 Å². The molecule has 0 saturated heterocycles. The van der Waals surface area contributed by atoms with Gasteiger partial charge in [-0.1, -0.05) is 25.1 Å². The molecule has 1 aliphatic carbocycles. The van der Waals surface area contributed by atoms with Gasteiger partial charge in [-0.2, -0.15) is 0 Å². The number of fused-ring (bicyclic) bond motifs is 1. The summed E-state index contributed by atoms with van der Waals surface area (Å²) in [7, 11) is 0. The number of para-hydroxylation sites is 1. The first kappa shape index (κ1) is 10.8. The van der Waals surface area contributed by atoms with Crippen LogP contribution in [-0.2, 0) is 12.8 Å². The monoisotopic (exact) mass is 229 g/mol. The standard InChI is InChI=1S/C15H19NO/c1-2-11-4-3-5-14-12(10-17-15(11)14)8-9-16-13-6-7-13/h3-5,10,13,16H,2,6-9H2,1H3. The molecule has 2 heteroatoms. The second kappa shape index (κ2) is 4.53. The van der Waals surface area contributed by atoms with E-state index in [1.165, 1.54) is 29.4 Å². The van der Waals surface area contributed by atoms with Crippen LogP contribution in [0.4, 0.5) is 0 Å². The van der Waals surface area contributed by atoms with Crippen molar-refractivity contribution < 1.29 is 4.42 Å². The van der Waals surface area contributed by atoms with Crippen LogP contribution in [0, 0.1) is 0 Å². The summed E-state index contributed by atoms with van der Waals surface area (Å²) in [6.07, 6.45) is 6.73. The first-order valence-corrected chi connectivity index (χ1v) is 6.60. The zero-order valence-electron chi connectivity index (χ0n) is 10.3. The predicted octanol–water partition coefficient (Wildman–Crippen LogP) is 3.29. The van der Waals surface area contributed by atoms with Crippen LogP contribution in [0.3, 0.4) is 0 Å². The second-order valence-electron chi connectivity index (χ2n) is 4.89. The van der Waals surface area contributed by atoms with Crippen molar-refractivity contribution in [2.45, 2.75) is 38.6 Å². The zero-order valence-corrected chi connectivity index (χ0v) is 10.3. The van der Waals surface area contributed by atoms with E-state index >= 15 is 0 Å². The Morgan fingerprint density at radius 2 is 2.18 bits per heavy atom. The molecule has 17 heavy (non-hydrogen) atoms.